The Morgan fingerprint density at radius 3 is 2.71 bits per heavy atom. The number of benzene rings is 2. The lowest BCUT2D eigenvalue weighted by Gasteiger charge is -1.99. The number of carboxylic acids is 1. The molecule has 0 radical (unpaired) electrons. The molecular formula is C17H12FN3O2S. The van der Waals surface area contributed by atoms with Crippen LogP contribution in [0.3, 0.4) is 0 Å². The molecule has 7 heteroatoms. The van der Waals surface area contributed by atoms with Gasteiger partial charge in [0.2, 0.25) is 5.13 Å². The van der Waals surface area contributed by atoms with Gasteiger partial charge in [-0.2, -0.15) is 5.10 Å². The standard InChI is InChI=1S/C17H12FN3O2S/c18-13-7-5-11(6-8-13)15-10-24-17(20-15)21-19-9-12-3-1-2-4-14(12)16(22)23/h1-10H,(H,20,21)(H,22,23)/b19-9+. The number of thiazole rings is 1. The number of hydrogen-bond acceptors (Lipinski definition) is 5. The summed E-state index contributed by atoms with van der Waals surface area (Å²) in [4.78, 5) is 15.5. The fraction of sp³-hybridized carbons (Fsp3) is 0. The predicted molar refractivity (Wildman–Crippen MR) is 92.1 cm³/mol. The molecule has 0 atom stereocenters. The highest BCUT2D eigenvalue weighted by Crippen LogP contribution is 2.24. The highest BCUT2D eigenvalue weighted by atomic mass is 32.1. The average molecular weight is 341 g/mol. The van der Waals surface area contributed by atoms with Crippen LogP contribution in [0.15, 0.2) is 59.0 Å². The van der Waals surface area contributed by atoms with Crippen LogP contribution in [-0.2, 0) is 0 Å². The summed E-state index contributed by atoms with van der Waals surface area (Å²) in [5, 5.41) is 15.5. The molecule has 0 aliphatic carbocycles. The third-order valence-electron chi connectivity index (χ3n) is 3.20. The van der Waals surface area contributed by atoms with Crippen LogP contribution in [0.2, 0.25) is 0 Å². The molecule has 2 N–H and O–H groups in total. The van der Waals surface area contributed by atoms with Crippen molar-refractivity contribution >= 4 is 28.7 Å². The Hall–Kier alpha value is -3.06. The summed E-state index contributed by atoms with van der Waals surface area (Å²) in [6.45, 7) is 0. The van der Waals surface area contributed by atoms with E-state index < -0.39 is 5.97 Å². The van der Waals surface area contributed by atoms with Gasteiger partial charge < -0.3 is 5.11 Å². The van der Waals surface area contributed by atoms with Crippen molar-refractivity contribution in [1.82, 2.24) is 4.98 Å². The Balaban J connectivity index is 1.72. The first-order chi connectivity index (χ1) is 11.6. The summed E-state index contributed by atoms with van der Waals surface area (Å²) in [5.41, 5.74) is 4.96. The van der Waals surface area contributed by atoms with E-state index in [4.69, 9.17) is 5.11 Å². The van der Waals surface area contributed by atoms with Gasteiger partial charge in [0.15, 0.2) is 0 Å². The van der Waals surface area contributed by atoms with Crippen molar-refractivity contribution in [3.8, 4) is 11.3 Å². The number of carboxylic acid groups (broad SMARTS) is 1. The van der Waals surface area contributed by atoms with Crippen molar-refractivity contribution in [2.75, 3.05) is 5.43 Å². The molecule has 5 nitrogen and oxygen atoms in total. The summed E-state index contributed by atoms with van der Waals surface area (Å²) in [6.07, 6.45) is 1.43. The largest absolute Gasteiger partial charge is 0.478 e. The molecule has 0 fully saturated rings. The molecule has 0 amide bonds. The Kier molecular flexibility index (Phi) is 4.62. The summed E-state index contributed by atoms with van der Waals surface area (Å²) in [5.74, 6) is -1.31. The minimum Gasteiger partial charge on any atom is -0.478 e. The number of hydrazone groups is 1. The molecule has 1 aromatic heterocycles. The van der Waals surface area contributed by atoms with Crippen LogP contribution >= 0.6 is 11.3 Å². The van der Waals surface area contributed by atoms with E-state index in [0.717, 1.165) is 5.56 Å². The Bertz CT molecular complexity index is 891. The molecule has 0 unspecified atom stereocenters. The summed E-state index contributed by atoms with van der Waals surface area (Å²) >= 11 is 1.35. The van der Waals surface area contributed by atoms with Crippen LogP contribution in [0.25, 0.3) is 11.3 Å². The van der Waals surface area contributed by atoms with Crippen LogP contribution in [-0.4, -0.2) is 22.3 Å². The predicted octanol–water partition coefficient (Wildman–Crippen LogP) is 4.09. The second kappa shape index (κ2) is 7.01. The molecular weight excluding hydrogens is 329 g/mol. The maximum Gasteiger partial charge on any atom is 0.336 e. The number of hydrogen-bond donors (Lipinski definition) is 2. The van der Waals surface area contributed by atoms with Crippen molar-refractivity contribution in [2.45, 2.75) is 0 Å². The molecule has 0 bridgehead atoms. The van der Waals surface area contributed by atoms with Gasteiger partial charge in [-0.15, -0.1) is 11.3 Å². The second-order valence-corrected chi connectivity index (χ2v) is 5.67. The van der Waals surface area contributed by atoms with E-state index in [0.29, 0.717) is 16.4 Å². The van der Waals surface area contributed by atoms with Crippen molar-refractivity contribution in [2.24, 2.45) is 5.10 Å². The zero-order chi connectivity index (χ0) is 16.9. The third kappa shape index (κ3) is 3.64. The second-order valence-electron chi connectivity index (χ2n) is 4.81. The van der Waals surface area contributed by atoms with E-state index in [2.05, 4.69) is 15.5 Å². The van der Waals surface area contributed by atoms with E-state index in [1.807, 2.05) is 5.38 Å². The zero-order valence-corrected chi connectivity index (χ0v) is 13.1. The SMILES string of the molecule is O=C(O)c1ccccc1/C=N/Nc1nc(-c2ccc(F)cc2)cs1. The van der Waals surface area contributed by atoms with Gasteiger partial charge in [-0.25, -0.2) is 14.2 Å². The monoisotopic (exact) mass is 341 g/mol. The van der Waals surface area contributed by atoms with Gasteiger partial charge in [-0.1, -0.05) is 18.2 Å². The number of nitrogens with zero attached hydrogens (tertiary/aromatic N) is 2. The quantitative estimate of drug-likeness (QED) is 0.541. The number of aromatic nitrogens is 1. The molecule has 3 aromatic rings. The maximum absolute atomic E-state index is 12.9. The number of nitrogens with one attached hydrogen (secondary N) is 1. The first-order valence-corrected chi connectivity index (χ1v) is 7.84. The van der Waals surface area contributed by atoms with Crippen molar-refractivity contribution < 1.29 is 14.3 Å². The average Bonchev–Trinajstić information content (AvgIpc) is 3.05. The lowest BCUT2D eigenvalue weighted by Crippen LogP contribution is -2.02. The first kappa shape index (κ1) is 15.8. The lowest BCUT2D eigenvalue weighted by atomic mass is 10.1. The molecule has 1 heterocycles. The Labute approximate surface area is 141 Å². The number of carbonyl (C=O) groups is 1. The van der Waals surface area contributed by atoms with Gasteiger partial charge >= 0.3 is 5.97 Å². The van der Waals surface area contributed by atoms with Crippen LogP contribution in [0.1, 0.15) is 15.9 Å². The van der Waals surface area contributed by atoms with Crippen molar-refractivity contribution in [3.63, 3.8) is 0 Å². The highest BCUT2D eigenvalue weighted by molar-refractivity contribution is 7.14. The first-order valence-electron chi connectivity index (χ1n) is 6.96. The topological polar surface area (TPSA) is 74.6 Å². The number of halogens is 1. The van der Waals surface area contributed by atoms with Gasteiger partial charge in [-0.3, -0.25) is 5.43 Å². The molecule has 3 rings (SSSR count). The maximum atomic E-state index is 12.9. The van der Waals surface area contributed by atoms with E-state index in [1.165, 1.54) is 35.8 Å². The van der Waals surface area contributed by atoms with Crippen LogP contribution in [0, 0.1) is 5.82 Å². The van der Waals surface area contributed by atoms with Crippen LogP contribution in [0.4, 0.5) is 9.52 Å². The van der Waals surface area contributed by atoms with Gasteiger partial charge in [-0.05, 0) is 30.3 Å². The van der Waals surface area contributed by atoms with Gasteiger partial charge in [0, 0.05) is 16.5 Å². The Morgan fingerprint density at radius 2 is 1.96 bits per heavy atom. The van der Waals surface area contributed by atoms with E-state index in [1.54, 1.807) is 30.3 Å². The summed E-state index contributed by atoms with van der Waals surface area (Å²) in [6, 6.07) is 12.6. The van der Waals surface area contributed by atoms with E-state index in [9.17, 15) is 9.18 Å². The number of rotatable bonds is 5. The van der Waals surface area contributed by atoms with Gasteiger partial charge in [0.25, 0.3) is 0 Å². The molecule has 0 spiro atoms. The van der Waals surface area contributed by atoms with Crippen molar-refractivity contribution in [1.29, 1.82) is 0 Å². The molecule has 0 saturated heterocycles. The smallest absolute Gasteiger partial charge is 0.336 e. The van der Waals surface area contributed by atoms with E-state index in [-0.39, 0.29) is 11.4 Å². The third-order valence-corrected chi connectivity index (χ3v) is 3.95. The molecule has 2 aromatic carbocycles. The number of aromatic carboxylic acids is 1. The Morgan fingerprint density at radius 1 is 1.21 bits per heavy atom. The minimum atomic E-state index is -1.01. The van der Waals surface area contributed by atoms with Crippen molar-refractivity contribution in [3.05, 3.63) is 70.9 Å². The van der Waals surface area contributed by atoms with Crippen LogP contribution < -0.4 is 5.43 Å². The van der Waals surface area contributed by atoms with Gasteiger partial charge in [0.05, 0.1) is 17.5 Å². The molecule has 0 aliphatic rings. The lowest BCUT2D eigenvalue weighted by molar-refractivity contribution is 0.0697. The number of anilines is 1. The fourth-order valence-corrected chi connectivity index (χ4v) is 2.71. The fourth-order valence-electron chi connectivity index (χ4n) is 2.04. The van der Waals surface area contributed by atoms with Gasteiger partial charge in [0.1, 0.15) is 5.82 Å². The molecule has 24 heavy (non-hydrogen) atoms. The normalized spacial score (nSPS) is 10.9. The minimum absolute atomic E-state index is 0.175. The zero-order valence-electron chi connectivity index (χ0n) is 12.3. The molecule has 120 valence electrons. The van der Waals surface area contributed by atoms with Crippen LogP contribution in [0.5, 0.6) is 0 Å². The molecule has 0 saturated carbocycles. The van der Waals surface area contributed by atoms with E-state index >= 15 is 0 Å². The summed E-state index contributed by atoms with van der Waals surface area (Å²) < 4.78 is 12.9. The molecule has 0 aliphatic heterocycles. The summed E-state index contributed by atoms with van der Waals surface area (Å²) in [7, 11) is 0. The highest BCUT2D eigenvalue weighted by Gasteiger charge is 2.07.